The minimum absolute atomic E-state index is 0. The molecule has 7 heteroatoms. The van der Waals surface area contributed by atoms with Crippen LogP contribution >= 0.6 is 24.0 Å². The van der Waals surface area contributed by atoms with Crippen LogP contribution in [0, 0.1) is 0 Å². The topological polar surface area (TPSA) is 66.0 Å². The average Bonchev–Trinajstić information content (AvgIpc) is 2.55. The van der Waals surface area contributed by atoms with Crippen LogP contribution in [0.1, 0.15) is 45.4 Å². The first-order valence-corrected chi connectivity index (χ1v) is 8.46. The highest BCUT2D eigenvalue weighted by Crippen LogP contribution is 2.10. The predicted molar refractivity (Wildman–Crippen MR) is 106 cm³/mol. The highest BCUT2D eigenvalue weighted by molar-refractivity contribution is 14.0. The summed E-state index contributed by atoms with van der Waals surface area (Å²) in [6, 6.07) is 0.509. The number of carbonyl (C=O) groups excluding carboxylic acids is 1. The third kappa shape index (κ3) is 10.0. The molecule has 1 aliphatic heterocycles. The Morgan fingerprint density at radius 2 is 2.00 bits per heavy atom. The number of methoxy groups -OCH3 is 1. The van der Waals surface area contributed by atoms with Crippen LogP contribution in [-0.2, 0) is 9.53 Å². The van der Waals surface area contributed by atoms with Gasteiger partial charge in [-0.3, -0.25) is 9.79 Å². The molecule has 0 aromatic carbocycles. The van der Waals surface area contributed by atoms with Gasteiger partial charge in [-0.1, -0.05) is 6.92 Å². The minimum Gasteiger partial charge on any atom is -0.469 e. The Kier molecular flexibility index (Phi) is 13.5. The molecule has 1 fully saturated rings. The molecule has 0 bridgehead atoms. The van der Waals surface area contributed by atoms with Gasteiger partial charge in [-0.05, 0) is 38.6 Å². The van der Waals surface area contributed by atoms with Crippen molar-refractivity contribution in [2.24, 2.45) is 4.99 Å². The molecule has 0 spiro atoms. The van der Waals surface area contributed by atoms with Crippen molar-refractivity contribution in [3.8, 4) is 0 Å². The summed E-state index contributed by atoms with van der Waals surface area (Å²) in [5.41, 5.74) is 0. The summed E-state index contributed by atoms with van der Waals surface area (Å²) >= 11 is 0. The number of piperidine rings is 1. The monoisotopic (exact) mass is 440 g/mol. The molecule has 0 aliphatic carbocycles. The summed E-state index contributed by atoms with van der Waals surface area (Å²) in [4.78, 5) is 17.8. The SMILES string of the molecule is CCCN1CCC(NC(=NC)NCCCCC(=O)OC)CC1.I. The molecule has 2 N–H and O–H groups in total. The van der Waals surface area contributed by atoms with Gasteiger partial charge < -0.3 is 20.3 Å². The van der Waals surface area contributed by atoms with Crippen molar-refractivity contribution in [1.29, 1.82) is 0 Å². The Morgan fingerprint density at radius 3 is 2.57 bits per heavy atom. The minimum atomic E-state index is -0.138. The van der Waals surface area contributed by atoms with E-state index in [2.05, 4.69) is 32.2 Å². The van der Waals surface area contributed by atoms with Crippen molar-refractivity contribution in [1.82, 2.24) is 15.5 Å². The van der Waals surface area contributed by atoms with E-state index in [0.717, 1.165) is 25.3 Å². The van der Waals surface area contributed by atoms with Crippen molar-refractivity contribution < 1.29 is 9.53 Å². The number of nitrogens with zero attached hydrogens (tertiary/aromatic N) is 2. The molecule has 0 aromatic heterocycles. The van der Waals surface area contributed by atoms with Crippen molar-refractivity contribution in [3.63, 3.8) is 0 Å². The van der Waals surface area contributed by atoms with Crippen molar-refractivity contribution in [3.05, 3.63) is 0 Å². The number of guanidine groups is 1. The molecule has 1 heterocycles. The lowest BCUT2D eigenvalue weighted by Gasteiger charge is -2.32. The Hall–Kier alpha value is -0.570. The number of esters is 1. The fourth-order valence-electron chi connectivity index (χ4n) is 2.71. The smallest absolute Gasteiger partial charge is 0.305 e. The van der Waals surface area contributed by atoms with E-state index in [4.69, 9.17) is 0 Å². The van der Waals surface area contributed by atoms with Crippen LogP contribution in [0.4, 0.5) is 0 Å². The van der Waals surface area contributed by atoms with E-state index in [0.29, 0.717) is 12.5 Å². The lowest BCUT2D eigenvalue weighted by molar-refractivity contribution is -0.140. The molecule has 0 aromatic rings. The van der Waals surface area contributed by atoms with Gasteiger partial charge in [0.15, 0.2) is 5.96 Å². The van der Waals surface area contributed by atoms with Gasteiger partial charge in [0, 0.05) is 39.1 Å². The van der Waals surface area contributed by atoms with Crippen LogP contribution in [0.25, 0.3) is 0 Å². The summed E-state index contributed by atoms with van der Waals surface area (Å²) in [6.07, 6.45) is 5.83. The lowest BCUT2D eigenvalue weighted by atomic mass is 10.1. The van der Waals surface area contributed by atoms with Gasteiger partial charge in [0.05, 0.1) is 7.11 Å². The molecule has 0 atom stereocenters. The number of carbonyl (C=O) groups is 1. The maximum atomic E-state index is 11.0. The molecule has 0 amide bonds. The second-order valence-electron chi connectivity index (χ2n) is 5.79. The van der Waals surface area contributed by atoms with E-state index in [1.165, 1.54) is 46.0 Å². The fraction of sp³-hybridized carbons (Fsp3) is 0.875. The lowest BCUT2D eigenvalue weighted by Crippen LogP contribution is -2.48. The van der Waals surface area contributed by atoms with Gasteiger partial charge in [-0.15, -0.1) is 24.0 Å². The summed E-state index contributed by atoms with van der Waals surface area (Å²) in [6.45, 7) is 6.60. The quantitative estimate of drug-likeness (QED) is 0.199. The standard InChI is InChI=1S/C16H32N4O2.HI/c1-4-11-20-12-8-14(9-13-20)19-16(17-2)18-10-6-5-7-15(21)22-3;/h14H,4-13H2,1-3H3,(H2,17,18,19);1H. The number of nitrogens with one attached hydrogen (secondary N) is 2. The molecule has 136 valence electrons. The summed E-state index contributed by atoms with van der Waals surface area (Å²) < 4.78 is 4.63. The summed E-state index contributed by atoms with van der Waals surface area (Å²) in [5.74, 6) is 0.730. The van der Waals surface area contributed by atoms with E-state index in [9.17, 15) is 4.79 Å². The maximum absolute atomic E-state index is 11.0. The maximum Gasteiger partial charge on any atom is 0.305 e. The second-order valence-corrected chi connectivity index (χ2v) is 5.79. The predicted octanol–water partition coefficient (Wildman–Crippen LogP) is 1.99. The molecule has 0 radical (unpaired) electrons. The van der Waals surface area contributed by atoms with E-state index >= 15 is 0 Å². The van der Waals surface area contributed by atoms with Crippen LogP contribution in [0.15, 0.2) is 4.99 Å². The van der Waals surface area contributed by atoms with E-state index in [1.54, 1.807) is 7.05 Å². The van der Waals surface area contributed by atoms with E-state index in [-0.39, 0.29) is 29.9 Å². The number of hydrogen-bond acceptors (Lipinski definition) is 4. The van der Waals surface area contributed by atoms with Crippen molar-refractivity contribution >= 4 is 35.9 Å². The van der Waals surface area contributed by atoms with Crippen molar-refractivity contribution in [2.75, 3.05) is 40.3 Å². The fourth-order valence-corrected chi connectivity index (χ4v) is 2.71. The molecule has 1 aliphatic rings. The van der Waals surface area contributed by atoms with Gasteiger partial charge in [-0.2, -0.15) is 0 Å². The van der Waals surface area contributed by atoms with Crippen LogP contribution in [0.5, 0.6) is 0 Å². The average molecular weight is 440 g/mol. The number of rotatable bonds is 8. The van der Waals surface area contributed by atoms with Gasteiger partial charge in [0.2, 0.25) is 0 Å². The van der Waals surface area contributed by atoms with E-state index < -0.39 is 0 Å². The second kappa shape index (κ2) is 13.8. The van der Waals surface area contributed by atoms with E-state index in [1.807, 2.05) is 0 Å². The summed E-state index contributed by atoms with van der Waals surface area (Å²) in [5, 5.41) is 6.82. The zero-order valence-electron chi connectivity index (χ0n) is 14.8. The Morgan fingerprint density at radius 1 is 1.30 bits per heavy atom. The highest BCUT2D eigenvalue weighted by Gasteiger charge is 2.19. The largest absolute Gasteiger partial charge is 0.469 e. The zero-order valence-corrected chi connectivity index (χ0v) is 17.1. The van der Waals surface area contributed by atoms with Gasteiger partial charge in [0.1, 0.15) is 0 Å². The molecule has 6 nitrogen and oxygen atoms in total. The van der Waals surface area contributed by atoms with Gasteiger partial charge >= 0.3 is 5.97 Å². The van der Waals surface area contributed by atoms with Gasteiger partial charge in [-0.25, -0.2) is 0 Å². The van der Waals surface area contributed by atoms with Crippen LogP contribution in [0.2, 0.25) is 0 Å². The zero-order chi connectivity index (χ0) is 16.2. The highest BCUT2D eigenvalue weighted by atomic mass is 127. The third-order valence-corrected chi connectivity index (χ3v) is 4.02. The number of halogens is 1. The molecular weight excluding hydrogens is 407 g/mol. The number of ether oxygens (including phenoxy) is 1. The number of hydrogen-bond donors (Lipinski definition) is 2. The number of likely N-dealkylation sites (tertiary alicyclic amines) is 1. The van der Waals surface area contributed by atoms with Crippen LogP contribution in [0.3, 0.4) is 0 Å². The normalized spacial score (nSPS) is 16.6. The van der Waals surface area contributed by atoms with Crippen LogP contribution < -0.4 is 10.6 Å². The summed E-state index contributed by atoms with van der Waals surface area (Å²) in [7, 11) is 3.23. The Balaban J connectivity index is 0.00000484. The molecule has 1 rings (SSSR count). The van der Waals surface area contributed by atoms with Crippen LogP contribution in [-0.4, -0.2) is 63.2 Å². The van der Waals surface area contributed by atoms with Crippen molar-refractivity contribution in [2.45, 2.75) is 51.5 Å². The first kappa shape index (κ1) is 22.4. The molecular formula is C16H33IN4O2. The molecule has 1 saturated heterocycles. The number of unbranched alkanes of at least 4 members (excludes halogenated alkanes) is 1. The molecule has 0 unspecified atom stereocenters. The molecule has 23 heavy (non-hydrogen) atoms. The third-order valence-electron chi connectivity index (χ3n) is 4.02. The Bertz CT molecular complexity index is 345. The first-order valence-electron chi connectivity index (χ1n) is 8.46. The van der Waals surface area contributed by atoms with Gasteiger partial charge in [0.25, 0.3) is 0 Å². The Labute approximate surface area is 157 Å². The first-order chi connectivity index (χ1) is 10.7. The molecule has 0 saturated carbocycles. The number of aliphatic imine (C=N–C) groups is 1.